The lowest BCUT2D eigenvalue weighted by Crippen LogP contribution is -2.20. The molecule has 114 valence electrons. The van der Waals surface area contributed by atoms with Crippen molar-refractivity contribution in [2.24, 2.45) is 0 Å². The molecule has 0 unspecified atom stereocenters. The molecule has 0 N–H and O–H groups in total. The van der Waals surface area contributed by atoms with Gasteiger partial charge >= 0.3 is 0 Å². The minimum Gasteiger partial charge on any atom is -0.364 e. The van der Waals surface area contributed by atoms with Gasteiger partial charge in [-0.25, -0.2) is 0 Å². The molecular weight excluding hydrogens is 330 g/mol. The third-order valence-electron chi connectivity index (χ3n) is 3.50. The van der Waals surface area contributed by atoms with Crippen LogP contribution in [0.15, 0.2) is 36.4 Å². The Bertz CT molecular complexity index is 764. The Morgan fingerprint density at radius 2 is 1.36 bits per heavy atom. The molecule has 0 spiro atoms. The summed E-state index contributed by atoms with van der Waals surface area (Å²) in [5.74, 6) is 0. The van der Waals surface area contributed by atoms with Gasteiger partial charge in [-0.05, 0) is 50.2 Å². The van der Waals surface area contributed by atoms with Gasteiger partial charge in [-0.3, -0.25) is 4.79 Å². The minimum absolute atomic E-state index is 0.782. The molecule has 0 bridgehead atoms. The minimum atomic E-state index is 0.782. The van der Waals surface area contributed by atoms with E-state index in [4.69, 9.17) is 0 Å². The number of rotatable bonds is 6. The number of hydrogen-bond acceptors (Lipinski definition) is 5. The molecule has 0 aliphatic rings. The molecular formula is C17H17NOS3. The lowest BCUT2D eigenvalue weighted by atomic mass is 10.3. The van der Waals surface area contributed by atoms with E-state index in [0.717, 1.165) is 24.3 Å². The molecule has 5 heteroatoms. The first kappa shape index (κ1) is 15.5. The summed E-state index contributed by atoms with van der Waals surface area (Å²) in [6.45, 7) is 6.45. The predicted octanol–water partition coefficient (Wildman–Crippen LogP) is 5.86. The van der Waals surface area contributed by atoms with Gasteiger partial charge in [0.15, 0.2) is 6.29 Å². The molecule has 0 radical (unpaired) electrons. The molecule has 0 atom stereocenters. The lowest BCUT2D eigenvalue weighted by molar-refractivity contribution is 0.112. The van der Waals surface area contributed by atoms with Crippen molar-refractivity contribution in [1.82, 2.24) is 0 Å². The fraction of sp³-hybridized carbons (Fsp3) is 0.235. The molecule has 0 saturated carbocycles. The number of carbonyl (C=O) groups excluding carboxylic acids is 1. The summed E-state index contributed by atoms with van der Waals surface area (Å²) in [5.41, 5.74) is 0. The Hall–Kier alpha value is -1.43. The van der Waals surface area contributed by atoms with E-state index in [1.54, 1.807) is 22.7 Å². The van der Waals surface area contributed by atoms with Gasteiger partial charge in [-0.1, -0.05) is 0 Å². The normalized spacial score (nSPS) is 10.8. The summed E-state index contributed by atoms with van der Waals surface area (Å²) in [4.78, 5) is 19.0. The fourth-order valence-corrected chi connectivity index (χ4v) is 5.46. The van der Waals surface area contributed by atoms with Gasteiger partial charge in [-0.2, -0.15) is 0 Å². The molecule has 0 fully saturated rings. The summed E-state index contributed by atoms with van der Waals surface area (Å²) in [6.07, 6.45) is 0.915. The van der Waals surface area contributed by atoms with Crippen molar-refractivity contribution >= 4 is 45.3 Å². The second kappa shape index (κ2) is 6.77. The third-order valence-corrected chi connectivity index (χ3v) is 7.14. The Balaban J connectivity index is 1.86. The van der Waals surface area contributed by atoms with E-state index >= 15 is 0 Å². The van der Waals surface area contributed by atoms with Crippen LogP contribution in [0.4, 0.5) is 5.00 Å². The van der Waals surface area contributed by atoms with Gasteiger partial charge in [0.1, 0.15) is 0 Å². The first-order valence-electron chi connectivity index (χ1n) is 7.25. The second-order valence-corrected chi connectivity index (χ2v) is 8.06. The highest BCUT2D eigenvalue weighted by atomic mass is 32.1. The highest BCUT2D eigenvalue weighted by Gasteiger charge is 2.11. The van der Waals surface area contributed by atoms with Gasteiger partial charge in [0, 0.05) is 32.6 Å². The Morgan fingerprint density at radius 3 is 1.95 bits per heavy atom. The number of nitrogens with zero attached hydrogens (tertiary/aromatic N) is 1. The van der Waals surface area contributed by atoms with Crippen LogP contribution in [0.25, 0.3) is 19.5 Å². The first-order chi connectivity index (χ1) is 10.7. The number of hydrogen-bond donors (Lipinski definition) is 0. The van der Waals surface area contributed by atoms with E-state index in [1.165, 1.54) is 24.5 Å². The number of aldehydes is 1. The van der Waals surface area contributed by atoms with Gasteiger partial charge < -0.3 is 4.90 Å². The average Bonchev–Trinajstić information content (AvgIpc) is 3.27. The standard InChI is InChI=1S/C17H17NOS3/c1-3-18(4-2)17-10-9-16(22-17)15-8-7-14(21-15)13-6-5-12(11-19)20-13/h5-11H,3-4H2,1-2H3. The number of carbonyl (C=O) groups is 1. The van der Waals surface area contributed by atoms with Gasteiger partial charge in [-0.15, -0.1) is 34.0 Å². The van der Waals surface area contributed by atoms with E-state index in [2.05, 4.69) is 43.0 Å². The van der Waals surface area contributed by atoms with Gasteiger partial charge in [0.05, 0.1) is 9.88 Å². The summed E-state index contributed by atoms with van der Waals surface area (Å²) < 4.78 is 0. The van der Waals surface area contributed by atoms with Crippen LogP contribution in [-0.4, -0.2) is 19.4 Å². The topological polar surface area (TPSA) is 20.3 Å². The van der Waals surface area contributed by atoms with Crippen molar-refractivity contribution in [2.45, 2.75) is 13.8 Å². The Labute approximate surface area is 142 Å². The van der Waals surface area contributed by atoms with Crippen molar-refractivity contribution < 1.29 is 4.79 Å². The van der Waals surface area contributed by atoms with Crippen LogP contribution in [-0.2, 0) is 0 Å². The second-order valence-electron chi connectivity index (χ2n) is 4.79. The summed E-state index contributed by atoms with van der Waals surface area (Å²) >= 11 is 5.18. The SMILES string of the molecule is CCN(CC)c1ccc(-c2ccc(-c3ccc(C=O)s3)s2)s1. The van der Waals surface area contributed by atoms with Crippen LogP contribution in [0, 0.1) is 0 Å². The van der Waals surface area contributed by atoms with Crippen LogP contribution in [0.5, 0.6) is 0 Å². The molecule has 0 aliphatic carbocycles. The molecule has 3 aromatic heterocycles. The van der Waals surface area contributed by atoms with Crippen molar-refractivity contribution in [3.63, 3.8) is 0 Å². The monoisotopic (exact) mass is 347 g/mol. The smallest absolute Gasteiger partial charge is 0.160 e. The first-order valence-corrected chi connectivity index (χ1v) is 9.70. The molecule has 3 rings (SSSR count). The van der Waals surface area contributed by atoms with Crippen LogP contribution in [0.1, 0.15) is 23.5 Å². The van der Waals surface area contributed by atoms with Gasteiger partial charge in [0.25, 0.3) is 0 Å². The van der Waals surface area contributed by atoms with Crippen LogP contribution in [0.2, 0.25) is 0 Å². The lowest BCUT2D eigenvalue weighted by Gasteiger charge is -2.17. The molecule has 0 aliphatic heterocycles. The Kier molecular flexibility index (Phi) is 4.76. The zero-order chi connectivity index (χ0) is 15.5. The maximum absolute atomic E-state index is 10.8. The molecule has 2 nitrogen and oxygen atoms in total. The number of thiophene rings is 3. The maximum Gasteiger partial charge on any atom is 0.160 e. The highest BCUT2D eigenvalue weighted by Crippen LogP contribution is 2.41. The van der Waals surface area contributed by atoms with Crippen molar-refractivity contribution in [3.8, 4) is 19.5 Å². The van der Waals surface area contributed by atoms with E-state index in [0.29, 0.717) is 0 Å². The Morgan fingerprint density at radius 1 is 0.818 bits per heavy atom. The maximum atomic E-state index is 10.8. The predicted molar refractivity (Wildman–Crippen MR) is 99.9 cm³/mol. The van der Waals surface area contributed by atoms with E-state index < -0.39 is 0 Å². The van der Waals surface area contributed by atoms with Crippen LogP contribution < -0.4 is 4.90 Å². The highest BCUT2D eigenvalue weighted by molar-refractivity contribution is 7.27. The van der Waals surface area contributed by atoms with E-state index in [9.17, 15) is 4.79 Å². The third kappa shape index (κ3) is 3.02. The zero-order valence-electron chi connectivity index (χ0n) is 12.5. The van der Waals surface area contributed by atoms with Crippen LogP contribution >= 0.6 is 34.0 Å². The van der Waals surface area contributed by atoms with Gasteiger partial charge in [0.2, 0.25) is 0 Å². The average molecular weight is 348 g/mol. The van der Waals surface area contributed by atoms with E-state index in [-0.39, 0.29) is 0 Å². The molecule has 0 amide bonds. The summed E-state index contributed by atoms with van der Waals surface area (Å²) in [6, 6.07) is 12.7. The molecule has 3 aromatic rings. The molecule has 22 heavy (non-hydrogen) atoms. The number of anilines is 1. The van der Waals surface area contributed by atoms with Crippen molar-refractivity contribution in [2.75, 3.05) is 18.0 Å². The fourth-order valence-electron chi connectivity index (χ4n) is 2.32. The van der Waals surface area contributed by atoms with Crippen LogP contribution in [0.3, 0.4) is 0 Å². The largest absolute Gasteiger partial charge is 0.364 e. The molecule has 0 aromatic carbocycles. The van der Waals surface area contributed by atoms with Crippen molar-refractivity contribution in [3.05, 3.63) is 41.3 Å². The summed E-state index contributed by atoms with van der Waals surface area (Å²) in [7, 11) is 0. The quantitative estimate of drug-likeness (QED) is 0.520. The van der Waals surface area contributed by atoms with Crippen molar-refractivity contribution in [1.29, 1.82) is 0 Å². The zero-order valence-corrected chi connectivity index (χ0v) is 15.0. The molecule has 3 heterocycles. The summed E-state index contributed by atoms with van der Waals surface area (Å²) in [5, 5.41) is 1.33. The molecule has 0 saturated heterocycles. The van der Waals surface area contributed by atoms with E-state index in [1.807, 2.05) is 23.5 Å².